The van der Waals surface area contributed by atoms with E-state index in [1.165, 1.54) is 11.3 Å². The van der Waals surface area contributed by atoms with Gasteiger partial charge in [0.2, 0.25) is 5.91 Å². The van der Waals surface area contributed by atoms with Crippen LogP contribution >= 0.6 is 11.3 Å². The summed E-state index contributed by atoms with van der Waals surface area (Å²) < 4.78 is 0.942. The van der Waals surface area contributed by atoms with E-state index in [0.29, 0.717) is 17.8 Å². The van der Waals surface area contributed by atoms with Crippen molar-refractivity contribution in [3.63, 3.8) is 0 Å². The highest BCUT2D eigenvalue weighted by atomic mass is 32.1. The highest BCUT2D eigenvalue weighted by Gasteiger charge is 2.08. The Morgan fingerprint density at radius 2 is 2.30 bits per heavy atom. The van der Waals surface area contributed by atoms with Crippen LogP contribution in [0.25, 0.3) is 20.9 Å². The predicted molar refractivity (Wildman–Crippen MR) is 79.6 cm³/mol. The van der Waals surface area contributed by atoms with Gasteiger partial charge in [0.15, 0.2) is 5.65 Å². The Morgan fingerprint density at radius 1 is 1.40 bits per heavy atom. The van der Waals surface area contributed by atoms with E-state index in [9.17, 15) is 4.79 Å². The lowest BCUT2D eigenvalue weighted by molar-refractivity contribution is -0.115. The second-order valence-electron chi connectivity index (χ2n) is 4.21. The lowest BCUT2D eigenvalue weighted by Crippen LogP contribution is -2.09. The molecule has 0 fully saturated rings. The molecule has 0 atom stereocenters. The second kappa shape index (κ2) is 5.34. The Hall–Kier alpha value is -2.34. The first kappa shape index (κ1) is 12.7. The van der Waals surface area contributed by atoms with Gasteiger partial charge in [-0.05, 0) is 18.2 Å². The van der Waals surface area contributed by atoms with E-state index in [1.807, 2.05) is 25.1 Å². The minimum Gasteiger partial charge on any atom is -0.325 e. The zero-order valence-electron chi connectivity index (χ0n) is 10.8. The lowest BCUT2D eigenvalue weighted by atomic mass is 10.3. The van der Waals surface area contributed by atoms with Crippen molar-refractivity contribution in [2.45, 2.75) is 13.3 Å². The van der Waals surface area contributed by atoms with Crippen molar-refractivity contribution in [1.82, 2.24) is 15.0 Å². The summed E-state index contributed by atoms with van der Waals surface area (Å²) >= 11 is 1.53. The molecule has 0 saturated heterocycles. The molecule has 0 aliphatic heterocycles. The average molecular weight is 284 g/mol. The number of hydrogen-bond acceptors (Lipinski definition) is 5. The van der Waals surface area contributed by atoms with E-state index in [4.69, 9.17) is 0 Å². The fourth-order valence-corrected chi connectivity index (χ4v) is 2.70. The molecular weight excluding hydrogens is 272 g/mol. The van der Waals surface area contributed by atoms with E-state index in [0.717, 1.165) is 15.3 Å². The van der Waals surface area contributed by atoms with Crippen LogP contribution in [0, 0.1) is 0 Å². The number of carbonyl (C=O) groups is 1. The summed E-state index contributed by atoms with van der Waals surface area (Å²) in [6.45, 7) is 1.81. The van der Waals surface area contributed by atoms with E-state index < -0.39 is 0 Å². The quantitative estimate of drug-likeness (QED) is 0.802. The minimum atomic E-state index is -0.0249. The molecule has 0 spiro atoms. The molecule has 3 heterocycles. The van der Waals surface area contributed by atoms with Crippen molar-refractivity contribution in [1.29, 1.82) is 0 Å². The molecule has 0 saturated carbocycles. The first-order valence-corrected chi connectivity index (χ1v) is 7.04. The second-order valence-corrected chi connectivity index (χ2v) is 5.24. The Labute approximate surface area is 119 Å². The van der Waals surface area contributed by atoms with Gasteiger partial charge < -0.3 is 5.32 Å². The normalized spacial score (nSPS) is 10.7. The maximum absolute atomic E-state index is 11.4. The van der Waals surface area contributed by atoms with Gasteiger partial charge in [0, 0.05) is 24.4 Å². The van der Waals surface area contributed by atoms with Crippen LogP contribution < -0.4 is 5.32 Å². The predicted octanol–water partition coefficient (Wildman–Crippen LogP) is 3.10. The zero-order chi connectivity index (χ0) is 13.9. The number of rotatable bonds is 3. The number of anilines is 1. The number of aromatic nitrogens is 3. The monoisotopic (exact) mass is 284 g/mol. The summed E-state index contributed by atoms with van der Waals surface area (Å²) in [5.74, 6) is -0.0249. The summed E-state index contributed by atoms with van der Waals surface area (Å²) in [6, 6.07) is 5.74. The van der Waals surface area contributed by atoms with E-state index in [2.05, 4.69) is 20.3 Å². The lowest BCUT2D eigenvalue weighted by Gasteiger charge is -2.01. The summed E-state index contributed by atoms with van der Waals surface area (Å²) in [7, 11) is 0. The summed E-state index contributed by atoms with van der Waals surface area (Å²) in [5, 5.41) is 3.67. The smallest absolute Gasteiger partial charge is 0.224 e. The van der Waals surface area contributed by atoms with Gasteiger partial charge in [-0.2, -0.15) is 0 Å². The molecule has 0 unspecified atom stereocenters. The van der Waals surface area contributed by atoms with Gasteiger partial charge in [0.05, 0.1) is 16.6 Å². The van der Waals surface area contributed by atoms with Crippen LogP contribution in [0.5, 0.6) is 0 Å². The van der Waals surface area contributed by atoms with Crippen LogP contribution in [0.2, 0.25) is 0 Å². The van der Waals surface area contributed by atoms with Crippen LogP contribution in [0.3, 0.4) is 0 Å². The number of pyridine rings is 2. The fraction of sp³-hybridized carbons (Fsp3) is 0.143. The van der Waals surface area contributed by atoms with Gasteiger partial charge in [-0.3, -0.25) is 9.78 Å². The number of amides is 1. The topological polar surface area (TPSA) is 67.8 Å². The zero-order valence-corrected chi connectivity index (χ0v) is 11.6. The van der Waals surface area contributed by atoms with Gasteiger partial charge in [0.25, 0.3) is 0 Å². The fourth-order valence-electron chi connectivity index (χ4n) is 1.75. The molecule has 1 amide bonds. The summed E-state index contributed by atoms with van der Waals surface area (Å²) in [4.78, 5) is 24.2. The van der Waals surface area contributed by atoms with Crippen LogP contribution in [0.4, 0.5) is 5.69 Å². The Bertz CT molecular complexity index is 754. The largest absolute Gasteiger partial charge is 0.325 e. The highest BCUT2D eigenvalue weighted by molar-refractivity contribution is 7.21. The van der Waals surface area contributed by atoms with Crippen LogP contribution in [-0.4, -0.2) is 20.9 Å². The van der Waals surface area contributed by atoms with Crippen molar-refractivity contribution in [2.75, 3.05) is 5.32 Å². The third-order valence-corrected chi connectivity index (χ3v) is 3.80. The molecule has 0 aliphatic carbocycles. The molecule has 3 aromatic heterocycles. The molecule has 5 nitrogen and oxygen atoms in total. The molecular formula is C14H12N4OS. The molecule has 0 aromatic carbocycles. The SMILES string of the molecule is CCC(=O)Nc1cnc2nc(-c3cccnc3)sc2c1. The van der Waals surface area contributed by atoms with Crippen molar-refractivity contribution in [3.05, 3.63) is 36.8 Å². The van der Waals surface area contributed by atoms with E-state index in [-0.39, 0.29) is 5.91 Å². The van der Waals surface area contributed by atoms with E-state index in [1.54, 1.807) is 18.6 Å². The van der Waals surface area contributed by atoms with E-state index >= 15 is 0 Å². The third kappa shape index (κ3) is 2.50. The van der Waals surface area contributed by atoms with Crippen LogP contribution in [0.15, 0.2) is 36.8 Å². The Kier molecular flexibility index (Phi) is 3.39. The van der Waals surface area contributed by atoms with Crippen molar-refractivity contribution >= 4 is 33.3 Å². The molecule has 1 N–H and O–H groups in total. The van der Waals surface area contributed by atoms with Crippen molar-refractivity contribution in [2.24, 2.45) is 0 Å². The van der Waals surface area contributed by atoms with Gasteiger partial charge >= 0.3 is 0 Å². The van der Waals surface area contributed by atoms with Gasteiger partial charge in [-0.15, -0.1) is 11.3 Å². The van der Waals surface area contributed by atoms with Gasteiger partial charge in [0.1, 0.15) is 5.01 Å². The molecule has 3 aromatic rings. The molecule has 20 heavy (non-hydrogen) atoms. The number of thiazole rings is 1. The summed E-state index contributed by atoms with van der Waals surface area (Å²) in [6.07, 6.45) is 5.58. The average Bonchev–Trinajstić information content (AvgIpc) is 2.91. The Morgan fingerprint density at radius 3 is 3.05 bits per heavy atom. The van der Waals surface area contributed by atoms with Gasteiger partial charge in [-0.1, -0.05) is 6.92 Å². The maximum Gasteiger partial charge on any atom is 0.224 e. The van der Waals surface area contributed by atoms with Crippen molar-refractivity contribution in [3.8, 4) is 10.6 Å². The molecule has 0 bridgehead atoms. The molecule has 3 rings (SSSR count). The van der Waals surface area contributed by atoms with Gasteiger partial charge in [-0.25, -0.2) is 9.97 Å². The van der Waals surface area contributed by atoms with Crippen LogP contribution in [-0.2, 0) is 4.79 Å². The number of fused-ring (bicyclic) bond motifs is 1. The Balaban J connectivity index is 1.97. The van der Waals surface area contributed by atoms with Crippen LogP contribution in [0.1, 0.15) is 13.3 Å². The maximum atomic E-state index is 11.4. The number of carbonyl (C=O) groups excluding carboxylic acids is 1. The number of nitrogens with zero attached hydrogens (tertiary/aromatic N) is 3. The summed E-state index contributed by atoms with van der Waals surface area (Å²) in [5.41, 5.74) is 2.35. The number of nitrogens with one attached hydrogen (secondary N) is 1. The molecule has 6 heteroatoms. The molecule has 0 aliphatic rings. The number of hydrogen-bond donors (Lipinski definition) is 1. The standard InChI is InChI=1S/C14H12N4OS/c1-2-12(19)17-10-6-11-13(16-8-10)18-14(20-11)9-4-3-5-15-7-9/h3-8H,2H2,1H3,(H,17,19). The first-order chi connectivity index (χ1) is 9.76. The highest BCUT2D eigenvalue weighted by Crippen LogP contribution is 2.29. The first-order valence-electron chi connectivity index (χ1n) is 6.23. The van der Waals surface area contributed by atoms with Crippen molar-refractivity contribution < 1.29 is 4.79 Å². The third-order valence-electron chi connectivity index (χ3n) is 2.76. The minimum absolute atomic E-state index is 0.0249. The molecule has 100 valence electrons. The molecule has 0 radical (unpaired) electrons.